The van der Waals surface area contributed by atoms with Crippen LogP contribution in [-0.2, 0) is 0 Å². The molecule has 0 aromatic heterocycles. The second-order valence-corrected chi connectivity index (χ2v) is 7.30. The molecule has 1 fully saturated rings. The van der Waals surface area contributed by atoms with Crippen molar-refractivity contribution in [3.63, 3.8) is 0 Å². The molecule has 19 heavy (non-hydrogen) atoms. The molecular formula is C15H23BrN2S. The lowest BCUT2D eigenvalue weighted by Gasteiger charge is -2.25. The molecule has 0 saturated heterocycles. The summed E-state index contributed by atoms with van der Waals surface area (Å²) in [6, 6.07) is 8.95. The van der Waals surface area contributed by atoms with Crippen LogP contribution >= 0.6 is 27.7 Å². The molecule has 0 spiro atoms. The van der Waals surface area contributed by atoms with Gasteiger partial charge < -0.3 is 0 Å². The van der Waals surface area contributed by atoms with Crippen molar-refractivity contribution in [2.24, 2.45) is 11.8 Å². The quantitative estimate of drug-likeness (QED) is 0.361. The Labute approximate surface area is 129 Å². The monoisotopic (exact) mass is 342 g/mol. The highest BCUT2D eigenvalue weighted by atomic mass is 79.9. The maximum Gasteiger partial charge on any atom is 0.0332 e. The number of nitrogens with one attached hydrogen (secondary N) is 1. The van der Waals surface area contributed by atoms with Crippen LogP contribution in [0.4, 0.5) is 0 Å². The summed E-state index contributed by atoms with van der Waals surface area (Å²) in [4.78, 5) is 1.32. The molecule has 1 aromatic carbocycles. The molecule has 1 atom stereocenters. The number of benzene rings is 1. The van der Waals surface area contributed by atoms with Crippen LogP contribution in [0.2, 0.25) is 0 Å². The summed E-state index contributed by atoms with van der Waals surface area (Å²) in [6.07, 6.45) is 8.18. The highest BCUT2D eigenvalue weighted by Gasteiger charge is 2.21. The molecule has 0 bridgehead atoms. The summed E-state index contributed by atoms with van der Waals surface area (Å²) in [6.45, 7) is 0. The zero-order chi connectivity index (χ0) is 13.5. The molecule has 1 unspecified atom stereocenters. The van der Waals surface area contributed by atoms with E-state index >= 15 is 0 Å². The zero-order valence-electron chi connectivity index (χ0n) is 11.3. The Bertz CT molecular complexity index is 361. The van der Waals surface area contributed by atoms with Crippen molar-refractivity contribution in [3.05, 3.63) is 28.7 Å². The summed E-state index contributed by atoms with van der Waals surface area (Å²) in [7, 11) is 0. The van der Waals surface area contributed by atoms with Crippen LogP contribution in [0, 0.1) is 5.92 Å². The van der Waals surface area contributed by atoms with Crippen molar-refractivity contribution in [2.45, 2.75) is 49.5 Å². The minimum atomic E-state index is 0.437. The summed E-state index contributed by atoms with van der Waals surface area (Å²) < 4.78 is 1.13. The van der Waals surface area contributed by atoms with Crippen molar-refractivity contribution < 1.29 is 0 Å². The third-order valence-electron chi connectivity index (χ3n) is 3.93. The summed E-state index contributed by atoms with van der Waals surface area (Å²) in [5.41, 5.74) is 3.05. The Hall–Kier alpha value is -0.0300. The van der Waals surface area contributed by atoms with E-state index in [0.29, 0.717) is 6.04 Å². The Balaban J connectivity index is 1.85. The number of thioether (sulfide) groups is 1. The molecule has 2 nitrogen and oxygen atoms in total. The first-order chi connectivity index (χ1) is 9.29. The van der Waals surface area contributed by atoms with Gasteiger partial charge in [-0.1, -0.05) is 41.6 Å². The molecule has 2 rings (SSSR count). The van der Waals surface area contributed by atoms with Gasteiger partial charge in [-0.2, -0.15) is 0 Å². The first-order valence-corrected chi connectivity index (χ1v) is 8.92. The number of hydrazine groups is 1. The van der Waals surface area contributed by atoms with E-state index in [0.717, 1.165) is 16.1 Å². The van der Waals surface area contributed by atoms with Gasteiger partial charge in [0.05, 0.1) is 0 Å². The maximum atomic E-state index is 5.77. The van der Waals surface area contributed by atoms with E-state index in [1.807, 2.05) is 11.8 Å². The summed E-state index contributed by atoms with van der Waals surface area (Å²) in [5, 5.41) is 0. The molecule has 4 heteroatoms. The van der Waals surface area contributed by atoms with Gasteiger partial charge in [0, 0.05) is 21.2 Å². The van der Waals surface area contributed by atoms with Gasteiger partial charge >= 0.3 is 0 Å². The van der Waals surface area contributed by atoms with Crippen LogP contribution in [0.1, 0.15) is 38.5 Å². The predicted octanol–water partition coefficient (Wildman–Crippen LogP) is 4.34. The highest BCUT2D eigenvalue weighted by Crippen LogP contribution is 2.29. The fourth-order valence-electron chi connectivity index (χ4n) is 2.75. The molecule has 0 aliphatic heterocycles. The van der Waals surface area contributed by atoms with Crippen molar-refractivity contribution in [3.8, 4) is 0 Å². The smallest absolute Gasteiger partial charge is 0.0332 e. The third kappa shape index (κ3) is 5.10. The van der Waals surface area contributed by atoms with Crippen molar-refractivity contribution >= 4 is 27.7 Å². The van der Waals surface area contributed by atoms with Gasteiger partial charge in [-0.05, 0) is 43.0 Å². The average molecular weight is 343 g/mol. The van der Waals surface area contributed by atoms with Crippen molar-refractivity contribution in [2.75, 3.05) is 5.75 Å². The van der Waals surface area contributed by atoms with E-state index < -0.39 is 0 Å². The van der Waals surface area contributed by atoms with Crippen molar-refractivity contribution in [1.29, 1.82) is 0 Å². The molecule has 1 aromatic rings. The number of rotatable bonds is 5. The number of nitrogens with two attached hydrogens (primary N) is 1. The number of hydrogen-bond donors (Lipinski definition) is 2. The zero-order valence-corrected chi connectivity index (χ0v) is 13.7. The van der Waals surface area contributed by atoms with E-state index in [1.165, 1.54) is 43.4 Å². The molecular weight excluding hydrogens is 320 g/mol. The molecule has 0 radical (unpaired) electrons. The van der Waals surface area contributed by atoms with Gasteiger partial charge in [0.2, 0.25) is 0 Å². The first-order valence-electron chi connectivity index (χ1n) is 7.14. The lowest BCUT2D eigenvalue weighted by Crippen LogP contribution is -2.42. The second-order valence-electron chi connectivity index (χ2n) is 5.29. The number of hydrogen-bond acceptors (Lipinski definition) is 3. The molecule has 3 N–H and O–H groups in total. The van der Waals surface area contributed by atoms with E-state index in [2.05, 4.69) is 45.6 Å². The highest BCUT2D eigenvalue weighted by molar-refractivity contribution is 9.10. The van der Waals surface area contributed by atoms with Crippen LogP contribution in [0.25, 0.3) is 0 Å². The summed E-state index contributed by atoms with van der Waals surface area (Å²) >= 11 is 5.37. The van der Waals surface area contributed by atoms with Crippen LogP contribution in [0.3, 0.4) is 0 Å². The molecule has 1 aliphatic carbocycles. The minimum absolute atomic E-state index is 0.437. The normalized spacial score (nSPS) is 19.1. The topological polar surface area (TPSA) is 38.0 Å². The Morgan fingerprint density at radius 2 is 1.79 bits per heavy atom. The van der Waals surface area contributed by atoms with Gasteiger partial charge in [-0.15, -0.1) is 11.8 Å². The SMILES string of the molecule is NNC(CSc1ccc(Br)cc1)C1CCCCCC1. The van der Waals surface area contributed by atoms with Crippen LogP contribution < -0.4 is 11.3 Å². The Morgan fingerprint density at radius 1 is 1.16 bits per heavy atom. The molecule has 0 heterocycles. The lowest BCUT2D eigenvalue weighted by molar-refractivity contribution is 0.346. The maximum absolute atomic E-state index is 5.77. The first kappa shape index (κ1) is 15.4. The molecule has 1 aliphatic rings. The molecule has 106 valence electrons. The average Bonchev–Trinajstić information content (AvgIpc) is 2.71. The largest absolute Gasteiger partial charge is 0.271 e. The van der Waals surface area contributed by atoms with Gasteiger partial charge in [0.1, 0.15) is 0 Å². The summed E-state index contributed by atoms with van der Waals surface area (Å²) in [5.74, 6) is 7.58. The molecule has 1 saturated carbocycles. The predicted molar refractivity (Wildman–Crippen MR) is 87.2 cm³/mol. The Morgan fingerprint density at radius 3 is 2.37 bits per heavy atom. The van der Waals surface area contributed by atoms with E-state index in [1.54, 1.807) is 0 Å². The molecule has 0 amide bonds. The minimum Gasteiger partial charge on any atom is -0.271 e. The van der Waals surface area contributed by atoms with Gasteiger partial charge in [-0.3, -0.25) is 11.3 Å². The Kier molecular flexibility index (Phi) is 6.71. The van der Waals surface area contributed by atoms with Crippen LogP contribution in [0.15, 0.2) is 33.6 Å². The van der Waals surface area contributed by atoms with Gasteiger partial charge in [-0.25, -0.2) is 0 Å². The third-order valence-corrected chi connectivity index (χ3v) is 5.59. The fraction of sp³-hybridized carbons (Fsp3) is 0.600. The fourth-order valence-corrected chi connectivity index (χ4v) is 4.08. The van der Waals surface area contributed by atoms with E-state index in [-0.39, 0.29) is 0 Å². The second kappa shape index (κ2) is 8.30. The van der Waals surface area contributed by atoms with E-state index in [9.17, 15) is 0 Å². The lowest BCUT2D eigenvalue weighted by atomic mass is 9.93. The van der Waals surface area contributed by atoms with Gasteiger partial charge in [0.15, 0.2) is 0 Å². The van der Waals surface area contributed by atoms with Gasteiger partial charge in [0.25, 0.3) is 0 Å². The van der Waals surface area contributed by atoms with Crippen LogP contribution in [-0.4, -0.2) is 11.8 Å². The van der Waals surface area contributed by atoms with Crippen LogP contribution in [0.5, 0.6) is 0 Å². The van der Waals surface area contributed by atoms with Crippen molar-refractivity contribution in [1.82, 2.24) is 5.43 Å². The standard InChI is InChI=1S/C15H23BrN2S/c16-13-7-9-14(10-8-13)19-11-15(18-17)12-5-3-1-2-4-6-12/h7-10,12,15,18H,1-6,11,17H2. The van der Waals surface area contributed by atoms with E-state index in [4.69, 9.17) is 5.84 Å². The number of halogens is 1.